The summed E-state index contributed by atoms with van der Waals surface area (Å²) in [7, 11) is 1.56. The molecule has 0 saturated heterocycles. The molecule has 0 spiro atoms. The molecule has 6 N–H and O–H groups in total. The van der Waals surface area contributed by atoms with E-state index in [0.29, 0.717) is 24.0 Å². The molecule has 1 amide bonds. The first kappa shape index (κ1) is 18.3. The van der Waals surface area contributed by atoms with Gasteiger partial charge in [0, 0.05) is 26.3 Å². The summed E-state index contributed by atoms with van der Waals surface area (Å²) in [5.74, 6) is 0.638. The predicted molar refractivity (Wildman–Crippen MR) is 98.0 cm³/mol. The van der Waals surface area contributed by atoms with E-state index in [1.165, 1.54) is 18.7 Å². The van der Waals surface area contributed by atoms with Gasteiger partial charge in [0.05, 0.1) is 17.9 Å². The van der Waals surface area contributed by atoms with Gasteiger partial charge < -0.3 is 26.8 Å². The highest BCUT2D eigenvalue weighted by Crippen LogP contribution is 2.26. The van der Waals surface area contributed by atoms with Crippen molar-refractivity contribution in [3.8, 4) is 0 Å². The standard InChI is InChI=1S/C16H23N5O2S/c1-10(22)19-7-11-4-3-5-12(6-11)15(20-8-14(17)23-2)13-9-24-16(18)21-13/h3-6,14,20H,7-9,17H2,1-2H3,(H2,18,21)(H,19,22). The first-order valence-corrected chi connectivity index (χ1v) is 8.54. The van der Waals surface area contributed by atoms with Crippen LogP contribution in [0.25, 0.3) is 5.70 Å². The average molecular weight is 349 g/mol. The molecule has 1 unspecified atom stereocenters. The Morgan fingerprint density at radius 1 is 1.46 bits per heavy atom. The van der Waals surface area contributed by atoms with Crippen LogP contribution >= 0.6 is 11.8 Å². The van der Waals surface area contributed by atoms with Gasteiger partial charge in [-0.05, 0) is 17.2 Å². The minimum atomic E-state index is -0.418. The zero-order valence-electron chi connectivity index (χ0n) is 13.8. The van der Waals surface area contributed by atoms with E-state index in [0.717, 1.165) is 22.5 Å². The number of carbonyl (C=O) groups is 1. The number of benzene rings is 1. The zero-order valence-corrected chi connectivity index (χ0v) is 14.7. The molecule has 1 aromatic carbocycles. The predicted octanol–water partition coefficient (Wildman–Crippen LogP) is 0.574. The summed E-state index contributed by atoms with van der Waals surface area (Å²) in [6.45, 7) is 2.42. The van der Waals surface area contributed by atoms with E-state index < -0.39 is 6.23 Å². The summed E-state index contributed by atoms with van der Waals surface area (Å²) >= 11 is 1.50. The SMILES string of the molecule is COC(N)CNC(=C1CSC(N)=N1)c1cccc(CNC(C)=O)c1. The molecule has 0 aromatic heterocycles. The maximum Gasteiger partial charge on any atom is 0.217 e. The van der Waals surface area contributed by atoms with Gasteiger partial charge in [0.2, 0.25) is 5.91 Å². The summed E-state index contributed by atoms with van der Waals surface area (Å²) in [4.78, 5) is 15.5. The minimum Gasteiger partial charge on any atom is -0.379 e. The third-order valence-corrected chi connectivity index (χ3v) is 4.24. The fraction of sp³-hybridized carbons (Fsp3) is 0.375. The molecule has 0 bridgehead atoms. The van der Waals surface area contributed by atoms with E-state index in [-0.39, 0.29) is 5.91 Å². The van der Waals surface area contributed by atoms with Crippen molar-refractivity contribution < 1.29 is 9.53 Å². The van der Waals surface area contributed by atoms with Crippen LogP contribution in [-0.4, -0.2) is 36.7 Å². The molecular weight excluding hydrogens is 326 g/mol. The van der Waals surface area contributed by atoms with E-state index in [1.54, 1.807) is 7.11 Å². The molecule has 0 saturated carbocycles. The molecule has 0 fully saturated rings. The number of amidine groups is 1. The highest BCUT2D eigenvalue weighted by molar-refractivity contribution is 8.14. The van der Waals surface area contributed by atoms with E-state index in [1.807, 2.05) is 24.3 Å². The summed E-state index contributed by atoms with van der Waals surface area (Å²) in [6.07, 6.45) is -0.418. The van der Waals surface area contributed by atoms with Gasteiger partial charge >= 0.3 is 0 Å². The number of rotatable bonds is 7. The number of hydrogen-bond donors (Lipinski definition) is 4. The second kappa shape index (κ2) is 8.72. The third-order valence-electron chi connectivity index (χ3n) is 3.43. The lowest BCUT2D eigenvalue weighted by Gasteiger charge is -2.17. The van der Waals surface area contributed by atoms with Crippen molar-refractivity contribution in [2.45, 2.75) is 19.7 Å². The third kappa shape index (κ3) is 5.26. The number of nitrogens with one attached hydrogen (secondary N) is 2. The van der Waals surface area contributed by atoms with Crippen molar-refractivity contribution in [3.63, 3.8) is 0 Å². The fourth-order valence-electron chi connectivity index (χ4n) is 2.19. The largest absolute Gasteiger partial charge is 0.379 e. The molecule has 7 nitrogen and oxygen atoms in total. The van der Waals surface area contributed by atoms with Crippen LogP contribution in [0, 0.1) is 0 Å². The van der Waals surface area contributed by atoms with Crippen LogP contribution in [0.5, 0.6) is 0 Å². The molecule has 1 atom stereocenters. The minimum absolute atomic E-state index is 0.0623. The Balaban J connectivity index is 2.27. The molecule has 1 aliphatic rings. The van der Waals surface area contributed by atoms with Crippen LogP contribution in [0.15, 0.2) is 35.0 Å². The molecule has 0 aliphatic carbocycles. The van der Waals surface area contributed by atoms with Gasteiger partial charge in [0.25, 0.3) is 0 Å². The lowest BCUT2D eigenvalue weighted by molar-refractivity contribution is -0.119. The van der Waals surface area contributed by atoms with E-state index in [2.05, 4.69) is 15.6 Å². The Kier molecular flexibility index (Phi) is 6.65. The molecule has 0 radical (unpaired) electrons. The molecule has 1 aromatic rings. The number of ether oxygens (including phenoxy) is 1. The normalized spacial score (nSPS) is 17.2. The van der Waals surface area contributed by atoms with Crippen LogP contribution in [0.4, 0.5) is 0 Å². The van der Waals surface area contributed by atoms with E-state index in [4.69, 9.17) is 16.2 Å². The number of methoxy groups -OCH3 is 1. The lowest BCUT2D eigenvalue weighted by Crippen LogP contribution is -2.34. The number of amides is 1. The maximum atomic E-state index is 11.1. The van der Waals surface area contributed by atoms with Crippen LogP contribution < -0.4 is 22.1 Å². The zero-order chi connectivity index (χ0) is 17.5. The van der Waals surface area contributed by atoms with E-state index >= 15 is 0 Å². The fourth-order valence-corrected chi connectivity index (χ4v) is 2.86. The Morgan fingerprint density at radius 3 is 2.88 bits per heavy atom. The smallest absolute Gasteiger partial charge is 0.217 e. The van der Waals surface area contributed by atoms with Crippen LogP contribution in [0.1, 0.15) is 18.1 Å². The van der Waals surface area contributed by atoms with Crippen LogP contribution in [0.2, 0.25) is 0 Å². The first-order chi connectivity index (χ1) is 11.5. The van der Waals surface area contributed by atoms with Crippen molar-refractivity contribution in [2.24, 2.45) is 16.5 Å². The molecule has 130 valence electrons. The van der Waals surface area contributed by atoms with Crippen molar-refractivity contribution in [3.05, 3.63) is 41.1 Å². The van der Waals surface area contributed by atoms with Gasteiger partial charge in [0.15, 0.2) is 5.17 Å². The number of thioether (sulfide) groups is 1. The number of hydrogen-bond acceptors (Lipinski definition) is 7. The molecule has 1 aliphatic heterocycles. The Labute approximate surface area is 145 Å². The van der Waals surface area contributed by atoms with Gasteiger partial charge in [-0.15, -0.1) is 0 Å². The Hall–Kier alpha value is -2.03. The first-order valence-electron chi connectivity index (χ1n) is 7.55. The monoisotopic (exact) mass is 349 g/mol. The van der Waals surface area contributed by atoms with Gasteiger partial charge in [-0.25, -0.2) is 4.99 Å². The van der Waals surface area contributed by atoms with Gasteiger partial charge in [-0.2, -0.15) is 0 Å². The molecule has 8 heteroatoms. The number of nitrogens with zero attached hydrogens (tertiary/aromatic N) is 1. The van der Waals surface area contributed by atoms with Gasteiger partial charge in [0.1, 0.15) is 6.23 Å². The molecule has 2 rings (SSSR count). The quantitative estimate of drug-likeness (QED) is 0.535. The Morgan fingerprint density at radius 2 is 2.25 bits per heavy atom. The second-order valence-electron chi connectivity index (χ2n) is 5.33. The molecular formula is C16H23N5O2S. The highest BCUT2D eigenvalue weighted by Gasteiger charge is 2.17. The van der Waals surface area contributed by atoms with Crippen molar-refractivity contribution >= 4 is 28.5 Å². The number of aliphatic imine (C=N–C) groups is 1. The van der Waals surface area contributed by atoms with Crippen LogP contribution in [-0.2, 0) is 16.1 Å². The highest BCUT2D eigenvalue weighted by atomic mass is 32.2. The van der Waals surface area contributed by atoms with Gasteiger partial charge in [-0.1, -0.05) is 30.0 Å². The number of nitrogens with two attached hydrogens (primary N) is 2. The summed E-state index contributed by atoms with van der Waals surface area (Å²) in [5.41, 5.74) is 15.3. The molecule has 24 heavy (non-hydrogen) atoms. The molecule has 1 heterocycles. The van der Waals surface area contributed by atoms with Crippen molar-refractivity contribution in [1.29, 1.82) is 0 Å². The van der Waals surface area contributed by atoms with Gasteiger partial charge in [-0.3, -0.25) is 4.79 Å². The van der Waals surface area contributed by atoms with Crippen molar-refractivity contribution in [1.82, 2.24) is 10.6 Å². The van der Waals surface area contributed by atoms with E-state index in [9.17, 15) is 4.79 Å². The maximum absolute atomic E-state index is 11.1. The van der Waals surface area contributed by atoms with Crippen molar-refractivity contribution in [2.75, 3.05) is 19.4 Å². The lowest BCUT2D eigenvalue weighted by atomic mass is 10.1. The van der Waals surface area contributed by atoms with Crippen LogP contribution in [0.3, 0.4) is 0 Å². The summed E-state index contributed by atoms with van der Waals surface area (Å²) in [6, 6.07) is 7.90. The number of carbonyl (C=O) groups excluding carboxylic acids is 1. The second-order valence-corrected chi connectivity index (χ2v) is 6.32. The summed E-state index contributed by atoms with van der Waals surface area (Å²) < 4.78 is 5.09. The average Bonchev–Trinajstić information content (AvgIpc) is 2.99. The topological polar surface area (TPSA) is 115 Å². The summed E-state index contributed by atoms with van der Waals surface area (Å²) in [5, 5.41) is 6.66. The Bertz CT molecular complexity index is 660.